The number of nitrogens with one attached hydrogen (secondary N) is 1. The predicted octanol–water partition coefficient (Wildman–Crippen LogP) is 1.87. The fourth-order valence-electron chi connectivity index (χ4n) is 1.30. The molecule has 1 aromatic carbocycles. The van der Waals surface area contributed by atoms with Crippen LogP contribution in [0.25, 0.3) is 0 Å². The number of nitrogens with zero attached hydrogens (tertiary/aromatic N) is 1. The number of anilines is 2. The molecule has 1 radical (unpaired) electrons. The molecule has 6 nitrogen and oxygen atoms in total. The summed E-state index contributed by atoms with van der Waals surface area (Å²) in [5, 5.41) is 11.9. The van der Waals surface area contributed by atoms with Crippen LogP contribution < -0.4 is 16.0 Å². The smallest absolute Gasteiger partial charge is 0.420 e. The minimum atomic E-state index is -1.43. The average Bonchev–Trinajstić information content (AvgIpc) is 2.15. The Labute approximate surface area is 99.0 Å². The molecule has 0 heterocycles. The van der Waals surface area contributed by atoms with Gasteiger partial charge in [-0.15, -0.1) is 0 Å². The molecule has 0 unspecified atom stereocenters. The molecule has 1 aromatic rings. The van der Waals surface area contributed by atoms with E-state index in [1.807, 2.05) is 13.8 Å². The van der Waals surface area contributed by atoms with Crippen molar-refractivity contribution in [2.24, 2.45) is 5.73 Å². The van der Waals surface area contributed by atoms with Crippen LogP contribution >= 0.6 is 0 Å². The summed E-state index contributed by atoms with van der Waals surface area (Å²) in [6, 6.07) is 6.68. The van der Waals surface area contributed by atoms with Gasteiger partial charge < -0.3 is 16.2 Å². The van der Waals surface area contributed by atoms with Gasteiger partial charge in [0.05, 0.1) is 5.69 Å². The third-order valence-electron chi connectivity index (χ3n) is 1.88. The number of carbonyl (C=O) groups is 2. The van der Waals surface area contributed by atoms with Crippen LogP contribution in [0.15, 0.2) is 18.2 Å². The van der Waals surface area contributed by atoms with Crippen molar-refractivity contribution in [1.82, 2.24) is 0 Å². The van der Waals surface area contributed by atoms with E-state index in [4.69, 9.17) is 10.8 Å². The van der Waals surface area contributed by atoms with Crippen molar-refractivity contribution in [1.29, 1.82) is 0 Å². The number of rotatable bonds is 3. The first-order chi connectivity index (χ1) is 7.91. The Balaban J connectivity index is 3.04. The predicted molar refractivity (Wildman–Crippen MR) is 64.1 cm³/mol. The largest absolute Gasteiger partial charge is 0.464 e. The first-order valence-electron chi connectivity index (χ1n) is 5.03. The lowest BCUT2D eigenvalue weighted by molar-refractivity contribution is 0.200. The van der Waals surface area contributed by atoms with E-state index in [1.165, 1.54) is 6.07 Å². The molecule has 0 atom stereocenters. The molecule has 0 fully saturated rings. The van der Waals surface area contributed by atoms with E-state index in [0.29, 0.717) is 10.6 Å². The molecular weight excluding hydrogens is 222 g/mol. The number of primary amides is 1. The van der Waals surface area contributed by atoms with E-state index < -0.39 is 12.1 Å². The molecule has 0 saturated heterocycles. The number of benzene rings is 1. The summed E-state index contributed by atoms with van der Waals surface area (Å²) in [7, 11) is 0. The maximum absolute atomic E-state index is 11.0. The minimum Gasteiger partial charge on any atom is -0.464 e. The summed E-state index contributed by atoms with van der Waals surface area (Å²) in [5.74, 6) is 0. The fourth-order valence-corrected chi connectivity index (χ4v) is 1.30. The first-order valence-corrected chi connectivity index (χ1v) is 5.03. The second kappa shape index (κ2) is 5.20. The SMILES string of the molecule is CC(C)Nc1[c]c(N(C(N)=O)C(=O)O)ccc1. The summed E-state index contributed by atoms with van der Waals surface area (Å²) >= 11 is 0. The van der Waals surface area contributed by atoms with Crippen LogP contribution in [0, 0.1) is 6.07 Å². The van der Waals surface area contributed by atoms with Gasteiger partial charge in [0.2, 0.25) is 0 Å². The molecular formula is C11H14N3O3. The van der Waals surface area contributed by atoms with Gasteiger partial charge in [-0.1, -0.05) is 6.07 Å². The number of urea groups is 1. The highest BCUT2D eigenvalue weighted by Gasteiger charge is 2.20. The van der Waals surface area contributed by atoms with Crippen LogP contribution in [0.3, 0.4) is 0 Å². The third kappa shape index (κ3) is 3.37. The van der Waals surface area contributed by atoms with E-state index in [-0.39, 0.29) is 11.7 Å². The first kappa shape index (κ1) is 12.8. The Bertz CT molecular complexity index is 418. The van der Waals surface area contributed by atoms with Gasteiger partial charge in [0.25, 0.3) is 0 Å². The average molecular weight is 236 g/mol. The van der Waals surface area contributed by atoms with Crippen molar-refractivity contribution in [2.75, 3.05) is 10.2 Å². The summed E-state index contributed by atoms with van der Waals surface area (Å²) in [6.07, 6.45) is -1.43. The number of amides is 3. The second-order valence-electron chi connectivity index (χ2n) is 3.70. The molecule has 4 N–H and O–H groups in total. The number of carboxylic acid groups (broad SMARTS) is 1. The van der Waals surface area contributed by atoms with Gasteiger partial charge >= 0.3 is 12.1 Å². The van der Waals surface area contributed by atoms with Gasteiger partial charge in [-0.2, -0.15) is 4.90 Å². The van der Waals surface area contributed by atoms with Crippen LogP contribution in [-0.4, -0.2) is 23.3 Å². The van der Waals surface area contributed by atoms with E-state index in [0.717, 1.165) is 0 Å². The maximum Gasteiger partial charge on any atom is 0.420 e. The van der Waals surface area contributed by atoms with E-state index in [1.54, 1.807) is 12.1 Å². The number of imide groups is 1. The number of hydrogen-bond acceptors (Lipinski definition) is 3. The maximum atomic E-state index is 11.0. The Hall–Kier alpha value is -2.24. The summed E-state index contributed by atoms with van der Waals surface area (Å²) in [5.41, 5.74) is 5.68. The molecule has 6 heteroatoms. The van der Waals surface area contributed by atoms with Crippen LogP contribution in [-0.2, 0) is 0 Å². The Kier molecular flexibility index (Phi) is 3.92. The minimum absolute atomic E-state index is 0.0932. The quantitative estimate of drug-likeness (QED) is 0.746. The zero-order chi connectivity index (χ0) is 13.0. The van der Waals surface area contributed by atoms with Gasteiger partial charge in [-0.3, -0.25) is 0 Å². The topological polar surface area (TPSA) is 95.7 Å². The van der Waals surface area contributed by atoms with Gasteiger partial charge in [0, 0.05) is 17.8 Å². The zero-order valence-corrected chi connectivity index (χ0v) is 9.60. The second-order valence-corrected chi connectivity index (χ2v) is 3.70. The fraction of sp³-hybridized carbons (Fsp3) is 0.273. The molecule has 0 aliphatic carbocycles. The molecule has 17 heavy (non-hydrogen) atoms. The lowest BCUT2D eigenvalue weighted by Crippen LogP contribution is -2.39. The van der Waals surface area contributed by atoms with Crippen molar-refractivity contribution in [3.05, 3.63) is 24.3 Å². The van der Waals surface area contributed by atoms with Crippen molar-refractivity contribution in [3.8, 4) is 0 Å². The van der Waals surface area contributed by atoms with Gasteiger partial charge in [-0.05, 0) is 26.0 Å². The normalized spacial score (nSPS) is 10.1. The van der Waals surface area contributed by atoms with Gasteiger partial charge in [0.15, 0.2) is 0 Å². The highest BCUT2D eigenvalue weighted by atomic mass is 16.4. The Morgan fingerprint density at radius 2 is 2.12 bits per heavy atom. The molecule has 91 valence electrons. The highest BCUT2D eigenvalue weighted by Crippen LogP contribution is 2.19. The van der Waals surface area contributed by atoms with Crippen LogP contribution in [0.5, 0.6) is 0 Å². The standard InChI is InChI=1S/C11H14N3O3/c1-7(2)13-8-4-3-5-9(6-8)14(10(12)15)11(16)17/h3-5,7,13H,1-2H3,(H2,12,15)(H,16,17). The molecule has 0 aliphatic rings. The van der Waals surface area contributed by atoms with Crippen molar-refractivity contribution < 1.29 is 14.7 Å². The van der Waals surface area contributed by atoms with E-state index in [9.17, 15) is 9.59 Å². The molecule has 1 rings (SSSR count). The summed E-state index contributed by atoms with van der Waals surface area (Å²) in [4.78, 5) is 22.3. The molecule has 0 saturated carbocycles. The van der Waals surface area contributed by atoms with Crippen molar-refractivity contribution >= 4 is 23.5 Å². The van der Waals surface area contributed by atoms with Crippen LogP contribution in [0.2, 0.25) is 0 Å². The number of carbonyl (C=O) groups excluding carboxylic acids is 1. The molecule has 0 bridgehead atoms. The molecule has 3 amide bonds. The Morgan fingerprint density at radius 3 is 2.59 bits per heavy atom. The number of nitrogens with two attached hydrogens (primary N) is 1. The highest BCUT2D eigenvalue weighted by molar-refractivity contribution is 6.10. The lowest BCUT2D eigenvalue weighted by atomic mass is 10.2. The summed E-state index contributed by atoms with van der Waals surface area (Å²) in [6.45, 7) is 3.87. The molecule has 0 aliphatic heterocycles. The van der Waals surface area contributed by atoms with Crippen LogP contribution in [0.1, 0.15) is 13.8 Å². The van der Waals surface area contributed by atoms with Crippen LogP contribution in [0.4, 0.5) is 21.0 Å². The Morgan fingerprint density at radius 1 is 1.47 bits per heavy atom. The summed E-state index contributed by atoms with van der Waals surface area (Å²) < 4.78 is 0. The van der Waals surface area contributed by atoms with Crippen molar-refractivity contribution in [3.63, 3.8) is 0 Å². The lowest BCUT2D eigenvalue weighted by Gasteiger charge is -2.16. The van der Waals surface area contributed by atoms with E-state index >= 15 is 0 Å². The monoisotopic (exact) mass is 236 g/mol. The van der Waals surface area contributed by atoms with Crippen molar-refractivity contribution in [2.45, 2.75) is 19.9 Å². The van der Waals surface area contributed by atoms with Gasteiger partial charge in [-0.25, -0.2) is 9.59 Å². The zero-order valence-electron chi connectivity index (χ0n) is 9.60. The number of hydrogen-bond donors (Lipinski definition) is 3. The molecule has 0 aromatic heterocycles. The molecule has 0 spiro atoms. The van der Waals surface area contributed by atoms with E-state index in [2.05, 4.69) is 11.4 Å². The third-order valence-corrected chi connectivity index (χ3v) is 1.88. The van der Waals surface area contributed by atoms with Gasteiger partial charge in [0.1, 0.15) is 0 Å².